The Morgan fingerprint density at radius 3 is 2.57 bits per heavy atom. The molecule has 0 N–H and O–H groups in total. The highest BCUT2D eigenvalue weighted by molar-refractivity contribution is 6.30. The predicted molar refractivity (Wildman–Crippen MR) is 94.9 cm³/mol. The van der Waals surface area contributed by atoms with Crippen LogP contribution in [-0.4, -0.2) is 29.9 Å². The summed E-state index contributed by atoms with van der Waals surface area (Å²) in [7, 11) is 0. The number of halogens is 1. The van der Waals surface area contributed by atoms with E-state index in [1.807, 2.05) is 55.1 Å². The van der Waals surface area contributed by atoms with Gasteiger partial charge in [0.25, 0.3) is 0 Å². The summed E-state index contributed by atoms with van der Waals surface area (Å²) in [6.45, 7) is 6.36. The minimum Gasteiger partial charge on any atom is -0.310 e. The van der Waals surface area contributed by atoms with Gasteiger partial charge in [-0.1, -0.05) is 41.9 Å². The molecule has 0 bridgehead atoms. The third-order valence-electron chi connectivity index (χ3n) is 4.46. The number of piperazine rings is 1. The molecule has 1 atom stereocenters. The van der Waals surface area contributed by atoms with Crippen LogP contribution in [0.15, 0.2) is 48.5 Å². The van der Waals surface area contributed by atoms with Crippen molar-refractivity contribution in [1.29, 1.82) is 0 Å². The molecule has 120 valence electrons. The molecule has 0 aromatic heterocycles. The number of anilines is 1. The van der Waals surface area contributed by atoms with Crippen molar-refractivity contribution in [2.24, 2.45) is 0 Å². The Morgan fingerprint density at radius 1 is 1.13 bits per heavy atom. The zero-order valence-electron chi connectivity index (χ0n) is 13.5. The van der Waals surface area contributed by atoms with Crippen LogP contribution in [0.5, 0.6) is 0 Å². The quantitative estimate of drug-likeness (QED) is 0.853. The first-order chi connectivity index (χ1) is 11.1. The smallest absolute Gasteiger partial charge is 0.244 e. The number of rotatable bonds is 3. The topological polar surface area (TPSA) is 23.6 Å². The van der Waals surface area contributed by atoms with Crippen molar-refractivity contribution in [3.8, 4) is 0 Å². The lowest BCUT2D eigenvalue weighted by Gasteiger charge is -2.39. The summed E-state index contributed by atoms with van der Waals surface area (Å²) in [6, 6.07) is 15.9. The van der Waals surface area contributed by atoms with Crippen LogP contribution in [0.4, 0.5) is 5.69 Å². The first kappa shape index (κ1) is 16.0. The van der Waals surface area contributed by atoms with Crippen LogP contribution in [0.2, 0.25) is 5.02 Å². The zero-order valence-corrected chi connectivity index (χ0v) is 14.3. The van der Waals surface area contributed by atoms with E-state index >= 15 is 0 Å². The molecule has 2 aromatic rings. The van der Waals surface area contributed by atoms with Crippen LogP contribution in [0.25, 0.3) is 0 Å². The Hall–Kier alpha value is -1.84. The lowest BCUT2D eigenvalue weighted by atomic mass is 10.1. The average molecular weight is 329 g/mol. The van der Waals surface area contributed by atoms with Gasteiger partial charge in [0.05, 0.1) is 6.04 Å². The summed E-state index contributed by atoms with van der Waals surface area (Å²) in [5.41, 5.74) is 3.24. The van der Waals surface area contributed by atoms with E-state index in [2.05, 4.69) is 17.0 Å². The third-order valence-corrected chi connectivity index (χ3v) is 4.70. The van der Waals surface area contributed by atoms with Gasteiger partial charge in [-0.15, -0.1) is 0 Å². The summed E-state index contributed by atoms with van der Waals surface area (Å²) in [5, 5.41) is 0.703. The van der Waals surface area contributed by atoms with Crippen LogP contribution in [0, 0.1) is 6.92 Å². The van der Waals surface area contributed by atoms with Crippen molar-refractivity contribution < 1.29 is 4.79 Å². The summed E-state index contributed by atoms with van der Waals surface area (Å²) < 4.78 is 0. The molecule has 0 saturated carbocycles. The highest BCUT2D eigenvalue weighted by atomic mass is 35.5. The highest BCUT2D eigenvalue weighted by Gasteiger charge is 2.32. The maximum absolute atomic E-state index is 12.8. The van der Waals surface area contributed by atoms with E-state index in [4.69, 9.17) is 11.6 Å². The number of nitrogens with zero attached hydrogens (tertiary/aromatic N) is 2. The molecule has 1 aliphatic rings. The lowest BCUT2D eigenvalue weighted by Crippen LogP contribution is -2.55. The standard InChI is InChI=1S/C19H21ClN2O/c1-14-12-17(20)8-9-18(14)22-11-10-21(15(2)19(22)23)13-16-6-4-3-5-7-16/h3-9,12,15H,10-11,13H2,1-2H3/t15-/m1/s1. The number of benzene rings is 2. The van der Waals surface area contributed by atoms with Gasteiger partial charge >= 0.3 is 0 Å². The molecule has 3 nitrogen and oxygen atoms in total. The van der Waals surface area contributed by atoms with Gasteiger partial charge in [-0.05, 0) is 43.2 Å². The average Bonchev–Trinajstić information content (AvgIpc) is 2.54. The van der Waals surface area contributed by atoms with Crippen LogP contribution >= 0.6 is 11.6 Å². The van der Waals surface area contributed by atoms with Crippen molar-refractivity contribution in [2.45, 2.75) is 26.4 Å². The molecule has 4 heteroatoms. The molecule has 0 radical (unpaired) electrons. The molecule has 2 aromatic carbocycles. The van der Waals surface area contributed by atoms with E-state index < -0.39 is 0 Å². The maximum Gasteiger partial charge on any atom is 0.244 e. The summed E-state index contributed by atoms with van der Waals surface area (Å²) in [6.07, 6.45) is 0. The number of amides is 1. The number of aryl methyl sites for hydroxylation is 1. The number of hydrogen-bond acceptors (Lipinski definition) is 2. The fourth-order valence-corrected chi connectivity index (χ4v) is 3.34. The van der Waals surface area contributed by atoms with Crippen LogP contribution in [0.3, 0.4) is 0 Å². The van der Waals surface area contributed by atoms with E-state index in [1.165, 1.54) is 5.56 Å². The molecule has 1 fully saturated rings. The Bertz CT molecular complexity index is 702. The van der Waals surface area contributed by atoms with E-state index in [9.17, 15) is 4.79 Å². The Labute approximate surface area is 142 Å². The summed E-state index contributed by atoms with van der Waals surface area (Å²) in [5.74, 6) is 0.151. The first-order valence-electron chi connectivity index (χ1n) is 7.92. The van der Waals surface area contributed by atoms with Gasteiger partial charge < -0.3 is 4.90 Å². The fourth-order valence-electron chi connectivity index (χ4n) is 3.11. The molecule has 1 saturated heterocycles. The fraction of sp³-hybridized carbons (Fsp3) is 0.316. The van der Waals surface area contributed by atoms with E-state index in [0.29, 0.717) is 11.6 Å². The summed E-state index contributed by atoms with van der Waals surface area (Å²) >= 11 is 6.02. The van der Waals surface area contributed by atoms with Gasteiger partial charge in [0.2, 0.25) is 5.91 Å². The zero-order chi connectivity index (χ0) is 16.4. The van der Waals surface area contributed by atoms with E-state index in [-0.39, 0.29) is 11.9 Å². The van der Waals surface area contributed by atoms with Gasteiger partial charge in [-0.2, -0.15) is 0 Å². The summed E-state index contributed by atoms with van der Waals surface area (Å²) in [4.78, 5) is 16.9. The van der Waals surface area contributed by atoms with Crippen LogP contribution < -0.4 is 4.90 Å². The number of carbonyl (C=O) groups excluding carboxylic acids is 1. The molecule has 3 rings (SSSR count). The molecule has 1 aliphatic heterocycles. The molecule has 0 unspecified atom stereocenters. The maximum atomic E-state index is 12.8. The largest absolute Gasteiger partial charge is 0.310 e. The third kappa shape index (κ3) is 3.41. The molecule has 23 heavy (non-hydrogen) atoms. The van der Waals surface area contributed by atoms with Crippen molar-refractivity contribution in [1.82, 2.24) is 4.90 Å². The molecule has 0 spiro atoms. The molecule has 1 heterocycles. The second kappa shape index (κ2) is 6.73. The van der Waals surface area contributed by atoms with Crippen molar-refractivity contribution in [3.05, 3.63) is 64.7 Å². The number of hydrogen-bond donors (Lipinski definition) is 0. The monoisotopic (exact) mass is 328 g/mol. The van der Waals surface area contributed by atoms with Gasteiger partial charge in [-0.25, -0.2) is 0 Å². The molecule has 0 aliphatic carbocycles. The minimum atomic E-state index is -0.126. The Morgan fingerprint density at radius 2 is 1.87 bits per heavy atom. The van der Waals surface area contributed by atoms with Gasteiger partial charge in [0.15, 0.2) is 0 Å². The predicted octanol–water partition coefficient (Wildman–Crippen LogP) is 3.89. The van der Waals surface area contributed by atoms with Gasteiger partial charge in [-0.3, -0.25) is 9.69 Å². The van der Waals surface area contributed by atoms with Crippen molar-refractivity contribution >= 4 is 23.2 Å². The SMILES string of the molecule is Cc1cc(Cl)ccc1N1CCN(Cc2ccccc2)[C@H](C)C1=O. The van der Waals surface area contributed by atoms with Crippen molar-refractivity contribution in [2.75, 3.05) is 18.0 Å². The Kier molecular flexibility index (Phi) is 4.69. The number of carbonyl (C=O) groups is 1. The molecule has 1 amide bonds. The normalized spacial score (nSPS) is 19.2. The second-order valence-electron chi connectivity index (χ2n) is 6.05. The van der Waals surface area contributed by atoms with Crippen LogP contribution in [-0.2, 0) is 11.3 Å². The second-order valence-corrected chi connectivity index (χ2v) is 6.49. The molecular weight excluding hydrogens is 308 g/mol. The molecular formula is C19H21ClN2O. The van der Waals surface area contributed by atoms with Crippen molar-refractivity contribution in [3.63, 3.8) is 0 Å². The van der Waals surface area contributed by atoms with Gasteiger partial charge in [0, 0.05) is 30.3 Å². The van der Waals surface area contributed by atoms with Crippen LogP contribution in [0.1, 0.15) is 18.1 Å². The minimum absolute atomic E-state index is 0.126. The van der Waals surface area contributed by atoms with Gasteiger partial charge in [0.1, 0.15) is 0 Å². The van der Waals surface area contributed by atoms with E-state index in [1.54, 1.807) is 0 Å². The first-order valence-corrected chi connectivity index (χ1v) is 8.29. The Balaban J connectivity index is 1.76. The van der Waals surface area contributed by atoms with E-state index in [0.717, 1.165) is 24.3 Å². The lowest BCUT2D eigenvalue weighted by molar-refractivity contribution is -0.125. The highest BCUT2D eigenvalue weighted by Crippen LogP contribution is 2.27.